The summed E-state index contributed by atoms with van der Waals surface area (Å²) in [6.07, 6.45) is 3.58. The van der Waals surface area contributed by atoms with Crippen molar-refractivity contribution >= 4 is 17.6 Å². The minimum absolute atomic E-state index is 0.0662. The number of halogens is 1. The van der Waals surface area contributed by atoms with E-state index >= 15 is 0 Å². The van der Waals surface area contributed by atoms with Gasteiger partial charge in [-0.3, -0.25) is 0 Å². The van der Waals surface area contributed by atoms with E-state index < -0.39 is 0 Å². The first-order valence-corrected chi connectivity index (χ1v) is 8.70. The fraction of sp³-hybridized carbons (Fsp3) is 0.471. The zero-order valence-corrected chi connectivity index (χ0v) is 14.5. The summed E-state index contributed by atoms with van der Waals surface area (Å²) in [5, 5.41) is 11.0. The molecule has 1 atom stereocenters. The van der Waals surface area contributed by atoms with Gasteiger partial charge in [-0.05, 0) is 44.2 Å². The second kappa shape index (κ2) is 7.66. The zero-order chi connectivity index (χ0) is 16.9. The number of aryl methyl sites for hydroxylation is 3. The van der Waals surface area contributed by atoms with Crippen molar-refractivity contribution in [1.82, 2.24) is 25.4 Å². The van der Waals surface area contributed by atoms with Gasteiger partial charge in [0.25, 0.3) is 0 Å². The second-order valence-corrected chi connectivity index (χ2v) is 6.44. The number of rotatable bonds is 5. The fourth-order valence-electron chi connectivity index (χ4n) is 3.00. The first kappa shape index (κ1) is 16.8. The molecule has 1 aliphatic rings. The van der Waals surface area contributed by atoms with E-state index in [0.717, 1.165) is 54.5 Å². The van der Waals surface area contributed by atoms with Crippen molar-refractivity contribution < 1.29 is 4.79 Å². The van der Waals surface area contributed by atoms with Gasteiger partial charge in [0.2, 0.25) is 0 Å². The summed E-state index contributed by atoms with van der Waals surface area (Å²) in [6.45, 7) is 3.35. The standard InChI is InChI=1S/C17H22ClN5O/c1-12-20-16-15(9-5-11-23(16)22-12)21-17(24)19-10-4-7-13-6-2-3-8-14(13)18/h2-3,6,8,15H,4-5,7,9-11H2,1H3,(H2,19,21,24)/t15-/m1/s1. The van der Waals surface area contributed by atoms with E-state index in [9.17, 15) is 4.79 Å². The van der Waals surface area contributed by atoms with Crippen molar-refractivity contribution in [2.45, 2.75) is 45.2 Å². The van der Waals surface area contributed by atoms with E-state index in [1.807, 2.05) is 35.9 Å². The minimum atomic E-state index is -0.159. The third-order valence-corrected chi connectivity index (χ3v) is 4.52. The van der Waals surface area contributed by atoms with Gasteiger partial charge in [-0.2, -0.15) is 5.10 Å². The van der Waals surface area contributed by atoms with Gasteiger partial charge in [-0.1, -0.05) is 29.8 Å². The first-order chi connectivity index (χ1) is 11.6. The predicted molar refractivity (Wildman–Crippen MR) is 93.0 cm³/mol. The Morgan fingerprint density at radius 1 is 1.42 bits per heavy atom. The Hall–Kier alpha value is -2.08. The number of aromatic nitrogens is 3. The summed E-state index contributed by atoms with van der Waals surface area (Å²) in [7, 11) is 0. The molecule has 3 rings (SSSR count). The number of carbonyl (C=O) groups is 1. The van der Waals surface area contributed by atoms with Gasteiger partial charge in [0, 0.05) is 18.1 Å². The van der Waals surface area contributed by atoms with Crippen molar-refractivity contribution in [2.24, 2.45) is 0 Å². The van der Waals surface area contributed by atoms with Gasteiger partial charge in [0.1, 0.15) is 11.6 Å². The van der Waals surface area contributed by atoms with Gasteiger partial charge < -0.3 is 10.6 Å². The van der Waals surface area contributed by atoms with Crippen LogP contribution in [0.1, 0.15) is 42.5 Å². The molecule has 1 aromatic heterocycles. The maximum absolute atomic E-state index is 12.1. The number of nitrogens with zero attached hydrogens (tertiary/aromatic N) is 3. The molecule has 0 unspecified atom stereocenters. The number of urea groups is 1. The SMILES string of the molecule is Cc1nc2n(n1)CCC[C@H]2NC(=O)NCCCc1ccccc1Cl. The highest BCUT2D eigenvalue weighted by atomic mass is 35.5. The Bertz CT molecular complexity index is 715. The third-order valence-electron chi connectivity index (χ3n) is 4.15. The molecule has 2 amide bonds. The summed E-state index contributed by atoms with van der Waals surface area (Å²) in [4.78, 5) is 16.5. The van der Waals surface area contributed by atoms with Crippen LogP contribution >= 0.6 is 11.6 Å². The lowest BCUT2D eigenvalue weighted by Gasteiger charge is -2.23. The van der Waals surface area contributed by atoms with E-state index in [0.29, 0.717) is 6.54 Å². The van der Waals surface area contributed by atoms with Gasteiger partial charge in [0.15, 0.2) is 0 Å². The van der Waals surface area contributed by atoms with Gasteiger partial charge in [0.05, 0.1) is 6.04 Å². The molecule has 0 spiro atoms. The molecule has 6 nitrogen and oxygen atoms in total. The van der Waals surface area contributed by atoms with Crippen LogP contribution in [0.15, 0.2) is 24.3 Å². The molecule has 0 radical (unpaired) electrons. The molecular formula is C17H22ClN5O. The molecule has 1 aromatic carbocycles. The number of hydrogen-bond donors (Lipinski definition) is 2. The van der Waals surface area contributed by atoms with E-state index in [1.54, 1.807) is 0 Å². The zero-order valence-electron chi connectivity index (χ0n) is 13.8. The average Bonchev–Trinajstić information content (AvgIpc) is 2.94. The summed E-state index contributed by atoms with van der Waals surface area (Å²) in [5.41, 5.74) is 1.11. The average molecular weight is 348 g/mol. The summed E-state index contributed by atoms with van der Waals surface area (Å²) < 4.78 is 1.89. The Labute approximate surface area is 146 Å². The maximum atomic E-state index is 12.1. The van der Waals surface area contributed by atoms with Crippen molar-refractivity contribution in [3.63, 3.8) is 0 Å². The number of nitrogens with one attached hydrogen (secondary N) is 2. The Morgan fingerprint density at radius 3 is 3.08 bits per heavy atom. The molecule has 2 N–H and O–H groups in total. The van der Waals surface area contributed by atoms with Crippen LogP contribution in [0.5, 0.6) is 0 Å². The first-order valence-electron chi connectivity index (χ1n) is 8.32. The molecule has 0 aliphatic carbocycles. The van der Waals surface area contributed by atoms with E-state index in [1.165, 1.54) is 0 Å². The molecular weight excluding hydrogens is 326 g/mol. The number of hydrogen-bond acceptors (Lipinski definition) is 3. The maximum Gasteiger partial charge on any atom is 0.315 e. The van der Waals surface area contributed by atoms with Crippen LogP contribution in [0.25, 0.3) is 0 Å². The van der Waals surface area contributed by atoms with Crippen LogP contribution in [0.2, 0.25) is 5.02 Å². The number of fused-ring (bicyclic) bond motifs is 1. The second-order valence-electron chi connectivity index (χ2n) is 6.03. The van der Waals surface area contributed by atoms with Gasteiger partial charge >= 0.3 is 6.03 Å². The molecule has 128 valence electrons. The molecule has 1 aliphatic heterocycles. The Morgan fingerprint density at radius 2 is 2.25 bits per heavy atom. The highest BCUT2D eigenvalue weighted by molar-refractivity contribution is 6.31. The van der Waals surface area contributed by atoms with Crippen molar-refractivity contribution in [1.29, 1.82) is 0 Å². The summed E-state index contributed by atoms with van der Waals surface area (Å²) in [6, 6.07) is 7.57. The molecule has 0 fully saturated rings. The minimum Gasteiger partial charge on any atom is -0.338 e. The van der Waals surface area contributed by atoms with Crippen LogP contribution in [0, 0.1) is 6.92 Å². The normalized spacial score (nSPS) is 16.5. The van der Waals surface area contributed by atoms with Crippen LogP contribution in [-0.4, -0.2) is 27.3 Å². The van der Waals surface area contributed by atoms with Gasteiger partial charge in [-0.25, -0.2) is 14.5 Å². The van der Waals surface area contributed by atoms with E-state index in [4.69, 9.17) is 11.6 Å². The lowest BCUT2D eigenvalue weighted by atomic mass is 10.1. The molecule has 2 aromatic rings. The molecule has 7 heteroatoms. The molecule has 24 heavy (non-hydrogen) atoms. The monoisotopic (exact) mass is 347 g/mol. The fourth-order valence-corrected chi connectivity index (χ4v) is 3.23. The predicted octanol–water partition coefficient (Wildman–Crippen LogP) is 3.01. The highest BCUT2D eigenvalue weighted by Crippen LogP contribution is 2.22. The lowest BCUT2D eigenvalue weighted by molar-refractivity contribution is 0.232. The summed E-state index contributed by atoms with van der Waals surface area (Å²) in [5.74, 6) is 1.60. The Kier molecular flexibility index (Phi) is 5.35. The highest BCUT2D eigenvalue weighted by Gasteiger charge is 2.24. The molecule has 0 bridgehead atoms. The third kappa shape index (κ3) is 4.06. The quantitative estimate of drug-likeness (QED) is 0.817. The number of carbonyl (C=O) groups excluding carboxylic acids is 1. The molecule has 2 heterocycles. The smallest absolute Gasteiger partial charge is 0.315 e. The largest absolute Gasteiger partial charge is 0.338 e. The van der Waals surface area contributed by atoms with Crippen LogP contribution in [-0.2, 0) is 13.0 Å². The number of amides is 2. The van der Waals surface area contributed by atoms with Crippen LogP contribution in [0.3, 0.4) is 0 Å². The van der Waals surface area contributed by atoms with Crippen molar-refractivity contribution in [3.8, 4) is 0 Å². The number of benzene rings is 1. The van der Waals surface area contributed by atoms with Crippen LogP contribution < -0.4 is 10.6 Å². The van der Waals surface area contributed by atoms with E-state index in [-0.39, 0.29) is 12.1 Å². The lowest BCUT2D eigenvalue weighted by Crippen LogP contribution is -2.40. The molecule has 0 saturated carbocycles. The van der Waals surface area contributed by atoms with Crippen LogP contribution in [0.4, 0.5) is 4.79 Å². The van der Waals surface area contributed by atoms with Gasteiger partial charge in [-0.15, -0.1) is 0 Å². The summed E-state index contributed by atoms with van der Waals surface area (Å²) >= 11 is 6.13. The molecule has 0 saturated heterocycles. The van der Waals surface area contributed by atoms with Crippen molar-refractivity contribution in [2.75, 3.05) is 6.54 Å². The van der Waals surface area contributed by atoms with E-state index in [2.05, 4.69) is 20.7 Å². The Balaban J connectivity index is 1.44. The topological polar surface area (TPSA) is 71.8 Å². The van der Waals surface area contributed by atoms with Crippen molar-refractivity contribution in [3.05, 3.63) is 46.5 Å².